The van der Waals surface area contributed by atoms with E-state index in [1.165, 1.54) is 0 Å². The van der Waals surface area contributed by atoms with Gasteiger partial charge in [0.15, 0.2) is 5.97 Å². The van der Waals surface area contributed by atoms with Gasteiger partial charge in [-0.2, -0.15) is 0 Å². The molecule has 7 heteroatoms. The third kappa shape index (κ3) is 14.2. The first-order valence-corrected chi connectivity index (χ1v) is 5.09. The Kier molecular flexibility index (Phi) is 9.77. The second kappa shape index (κ2) is 9.44. The lowest BCUT2D eigenvalue weighted by molar-refractivity contribution is -0.505. The van der Waals surface area contributed by atoms with Gasteiger partial charge < -0.3 is 19.7 Å². The molecule has 100 valence electrons. The van der Waals surface area contributed by atoms with Crippen LogP contribution in [-0.2, 0) is 14.3 Å². The van der Waals surface area contributed by atoms with Gasteiger partial charge in [0.1, 0.15) is 0 Å². The number of aliphatic carboxylic acids is 2. The van der Waals surface area contributed by atoms with Gasteiger partial charge in [-0.15, -0.1) is 0 Å². The first-order chi connectivity index (χ1) is 7.70. The molecule has 0 heterocycles. The number of amidine groups is 1. The Morgan fingerprint density at radius 2 is 1.71 bits per heavy atom. The van der Waals surface area contributed by atoms with Crippen LogP contribution in [0.3, 0.4) is 0 Å². The van der Waals surface area contributed by atoms with Crippen molar-refractivity contribution >= 4 is 18.0 Å². The summed E-state index contributed by atoms with van der Waals surface area (Å²) < 4.78 is 5.07. The van der Waals surface area contributed by atoms with Crippen LogP contribution in [0.1, 0.15) is 27.7 Å². The molecule has 0 rings (SSSR count). The van der Waals surface area contributed by atoms with E-state index in [0.717, 1.165) is 6.02 Å². The number of carboxylic acids is 2. The number of ether oxygens (including phenoxy) is 1. The second-order valence-corrected chi connectivity index (χ2v) is 3.72. The Bertz CT molecular complexity index is 262. The van der Waals surface area contributed by atoms with Crippen LogP contribution >= 0.6 is 0 Å². The number of rotatable bonds is 2. The highest BCUT2D eigenvalue weighted by atomic mass is 16.5. The quantitative estimate of drug-likeness (QED) is 0.278. The SMILES string of the molecule is COC(NC(C)C)=[NH+]C(C)C.O=C([O-])C(=O)O. The van der Waals surface area contributed by atoms with E-state index in [1.54, 1.807) is 7.11 Å². The van der Waals surface area contributed by atoms with Crippen molar-refractivity contribution in [2.75, 3.05) is 7.11 Å². The summed E-state index contributed by atoms with van der Waals surface area (Å²) in [6.07, 6.45) is 0. The van der Waals surface area contributed by atoms with E-state index in [0.29, 0.717) is 12.1 Å². The highest BCUT2D eigenvalue weighted by Gasteiger charge is 2.08. The highest BCUT2D eigenvalue weighted by Crippen LogP contribution is 1.74. The number of hydrogen-bond donors (Lipinski definition) is 3. The second-order valence-electron chi connectivity index (χ2n) is 3.72. The Labute approximate surface area is 100 Å². The Morgan fingerprint density at radius 1 is 1.29 bits per heavy atom. The van der Waals surface area contributed by atoms with E-state index >= 15 is 0 Å². The van der Waals surface area contributed by atoms with Gasteiger partial charge in [0.05, 0.1) is 19.2 Å². The molecule has 0 saturated heterocycles. The fraction of sp³-hybridized carbons (Fsp3) is 0.700. The smallest absolute Gasteiger partial charge is 0.441 e. The fourth-order valence-corrected chi connectivity index (χ4v) is 0.684. The lowest BCUT2D eigenvalue weighted by atomic mass is 10.4. The summed E-state index contributed by atoms with van der Waals surface area (Å²) in [5, 5.41) is 19.5. The average Bonchev–Trinajstić information content (AvgIpc) is 2.15. The van der Waals surface area contributed by atoms with Crippen LogP contribution in [0, 0.1) is 0 Å². The fourth-order valence-electron chi connectivity index (χ4n) is 0.684. The minimum atomic E-state index is -2.07. The van der Waals surface area contributed by atoms with Gasteiger partial charge in [-0.3, -0.25) is 0 Å². The van der Waals surface area contributed by atoms with E-state index in [9.17, 15) is 0 Å². The first kappa shape index (κ1) is 17.6. The zero-order valence-corrected chi connectivity index (χ0v) is 10.7. The summed E-state index contributed by atoms with van der Waals surface area (Å²) in [5.74, 6) is -4.01. The number of carbonyl (C=O) groups excluding carboxylic acids is 1. The maximum Gasteiger partial charge on any atom is 0.441 e. The van der Waals surface area contributed by atoms with E-state index in [4.69, 9.17) is 24.5 Å². The van der Waals surface area contributed by atoms with Crippen LogP contribution in [0.4, 0.5) is 0 Å². The lowest BCUT2D eigenvalue weighted by Crippen LogP contribution is -2.81. The molecular formula is C10H20N2O5. The van der Waals surface area contributed by atoms with E-state index in [-0.39, 0.29) is 0 Å². The van der Waals surface area contributed by atoms with Crippen molar-refractivity contribution in [3.05, 3.63) is 0 Å². The molecule has 0 aromatic rings. The minimum Gasteiger partial charge on any atom is -0.539 e. The van der Waals surface area contributed by atoms with Crippen LogP contribution in [0.15, 0.2) is 0 Å². The normalized spacial score (nSPS) is 10.6. The molecule has 0 aliphatic heterocycles. The van der Waals surface area contributed by atoms with Gasteiger partial charge in [-0.25, -0.2) is 15.1 Å². The van der Waals surface area contributed by atoms with Crippen LogP contribution in [0.25, 0.3) is 0 Å². The van der Waals surface area contributed by atoms with Crippen molar-refractivity contribution in [1.29, 1.82) is 0 Å². The maximum atomic E-state index is 9.04. The van der Waals surface area contributed by atoms with Crippen molar-refractivity contribution in [3.8, 4) is 0 Å². The van der Waals surface area contributed by atoms with Crippen molar-refractivity contribution in [1.82, 2.24) is 5.32 Å². The molecule has 0 aliphatic carbocycles. The molecule has 0 saturated carbocycles. The molecule has 17 heavy (non-hydrogen) atoms. The zero-order chi connectivity index (χ0) is 14.0. The number of nitrogens with one attached hydrogen (secondary N) is 2. The van der Waals surface area contributed by atoms with Crippen molar-refractivity contribution < 1.29 is 29.5 Å². The molecule has 3 N–H and O–H groups in total. The summed E-state index contributed by atoms with van der Waals surface area (Å²) in [4.78, 5) is 21.2. The standard InChI is InChI=1S/C8H18N2O.C2H2O4/c1-6(2)9-8(11-5)10-7(3)4;3-1(4)2(5)6/h6-7H,1-5H3,(H,9,10);(H,3,4)(H,5,6). The molecule has 0 atom stereocenters. The monoisotopic (exact) mass is 248 g/mol. The predicted octanol–water partition coefficient (Wildman–Crippen LogP) is -2.70. The molecule has 0 amide bonds. The molecule has 7 nitrogen and oxygen atoms in total. The molecule has 0 fully saturated rings. The topological polar surface area (TPSA) is 113 Å². The summed E-state index contributed by atoms with van der Waals surface area (Å²) >= 11 is 0. The van der Waals surface area contributed by atoms with Crippen molar-refractivity contribution in [2.24, 2.45) is 0 Å². The van der Waals surface area contributed by atoms with E-state index < -0.39 is 11.9 Å². The highest BCUT2D eigenvalue weighted by molar-refractivity contribution is 6.26. The van der Waals surface area contributed by atoms with Crippen LogP contribution in [-0.4, -0.2) is 42.3 Å². The van der Waals surface area contributed by atoms with Crippen LogP contribution < -0.4 is 15.4 Å². The van der Waals surface area contributed by atoms with Gasteiger partial charge in [-0.1, -0.05) is 0 Å². The van der Waals surface area contributed by atoms with E-state index in [1.807, 2.05) is 0 Å². The Balaban J connectivity index is 0. The molecule has 0 bridgehead atoms. The lowest BCUT2D eigenvalue weighted by Gasteiger charge is -2.04. The predicted molar refractivity (Wildman–Crippen MR) is 59.0 cm³/mol. The first-order valence-electron chi connectivity index (χ1n) is 5.09. The summed E-state index contributed by atoms with van der Waals surface area (Å²) in [6.45, 7) is 8.28. The third-order valence-electron chi connectivity index (χ3n) is 1.22. The molecule has 0 aliphatic rings. The maximum absolute atomic E-state index is 9.04. The largest absolute Gasteiger partial charge is 0.539 e. The number of carboxylic acid groups (broad SMARTS) is 2. The summed E-state index contributed by atoms with van der Waals surface area (Å²) in [5.41, 5.74) is 0. The van der Waals surface area contributed by atoms with Crippen LogP contribution in [0.5, 0.6) is 0 Å². The van der Waals surface area contributed by atoms with Crippen LogP contribution in [0.2, 0.25) is 0 Å². The molecule has 0 aromatic carbocycles. The summed E-state index contributed by atoms with van der Waals surface area (Å²) in [6, 6.07) is 1.54. The van der Waals surface area contributed by atoms with Gasteiger partial charge in [0.2, 0.25) is 0 Å². The minimum absolute atomic E-state index is 0.399. The third-order valence-corrected chi connectivity index (χ3v) is 1.22. The Morgan fingerprint density at radius 3 is 1.88 bits per heavy atom. The molecule has 0 aromatic heterocycles. The zero-order valence-electron chi connectivity index (χ0n) is 10.7. The Hall–Kier alpha value is -1.79. The molecule has 0 radical (unpaired) electrons. The van der Waals surface area contributed by atoms with Crippen molar-refractivity contribution in [2.45, 2.75) is 39.8 Å². The van der Waals surface area contributed by atoms with Gasteiger partial charge in [0, 0.05) is 0 Å². The molecular weight excluding hydrogens is 228 g/mol. The van der Waals surface area contributed by atoms with Gasteiger partial charge in [0.25, 0.3) is 0 Å². The van der Waals surface area contributed by atoms with Crippen molar-refractivity contribution in [3.63, 3.8) is 0 Å². The van der Waals surface area contributed by atoms with E-state index in [2.05, 4.69) is 38.0 Å². The molecule has 0 spiro atoms. The number of carbonyl (C=O) groups is 2. The number of methoxy groups -OCH3 is 1. The average molecular weight is 248 g/mol. The number of hydrogen-bond acceptors (Lipinski definition) is 4. The molecule has 0 unspecified atom stereocenters. The van der Waals surface area contributed by atoms with Gasteiger partial charge >= 0.3 is 12.0 Å². The summed E-state index contributed by atoms with van der Waals surface area (Å²) in [7, 11) is 1.65. The van der Waals surface area contributed by atoms with Gasteiger partial charge in [-0.05, 0) is 27.7 Å².